The zero-order valence-electron chi connectivity index (χ0n) is 16.4. The number of guanidine groups is 1. The lowest BCUT2D eigenvalue weighted by Crippen LogP contribution is -2.38. The molecule has 0 aliphatic heterocycles. The van der Waals surface area contributed by atoms with Crippen molar-refractivity contribution in [1.29, 1.82) is 0 Å². The van der Waals surface area contributed by atoms with Crippen LogP contribution in [0.5, 0.6) is 5.75 Å². The molecule has 0 fully saturated rings. The van der Waals surface area contributed by atoms with E-state index in [2.05, 4.69) is 54.8 Å². The molecular formula is C20H30N4OS. The van der Waals surface area contributed by atoms with Gasteiger partial charge >= 0.3 is 0 Å². The van der Waals surface area contributed by atoms with E-state index in [1.54, 1.807) is 11.3 Å². The van der Waals surface area contributed by atoms with E-state index in [0.717, 1.165) is 47.5 Å². The van der Waals surface area contributed by atoms with Crippen LogP contribution in [-0.2, 0) is 13.0 Å². The first-order chi connectivity index (χ1) is 12.4. The van der Waals surface area contributed by atoms with Gasteiger partial charge in [-0.2, -0.15) is 0 Å². The van der Waals surface area contributed by atoms with Crippen LogP contribution in [0.3, 0.4) is 0 Å². The molecule has 2 aromatic rings. The van der Waals surface area contributed by atoms with Crippen molar-refractivity contribution >= 4 is 17.3 Å². The Morgan fingerprint density at radius 1 is 1.23 bits per heavy atom. The normalized spacial score (nSPS) is 12.1. The van der Waals surface area contributed by atoms with Gasteiger partial charge in [-0.15, -0.1) is 11.3 Å². The van der Waals surface area contributed by atoms with Gasteiger partial charge in [0, 0.05) is 30.5 Å². The molecule has 142 valence electrons. The van der Waals surface area contributed by atoms with Crippen molar-refractivity contribution < 1.29 is 4.74 Å². The van der Waals surface area contributed by atoms with Crippen LogP contribution in [0.25, 0.3) is 0 Å². The summed E-state index contributed by atoms with van der Waals surface area (Å²) in [6, 6.07) is 8.08. The average Bonchev–Trinajstić information content (AvgIpc) is 2.98. The minimum Gasteiger partial charge on any atom is -0.488 e. The first kappa shape index (κ1) is 20.2. The van der Waals surface area contributed by atoms with E-state index in [4.69, 9.17) is 9.73 Å². The lowest BCUT2D eigenvalue weighted by atomic mass is 10.1. The fourth-order valence-corrected chi connectivity index (χ4v) is 3.05. The molecule has 6 heteroatoms. The van der Waals surface area contributed by atoms with E-state index in [1.807, 2.05) is 25.1 Å². The second-order valence-electron chi connectivity index (χ2n) is 7.05. The van der Waals surface area contributed by atoms with Crippen LogP contribution in [0.2, 0.25) is 0 Å². The van der Waals surface area contributed by atoms with Crippen LogP contribution in [0.1, 0.15) is 44.0 Å². The number of rotatable bonds is 7. The Hall–Kier alpha value is -2.08. The summed E-state index contributed by atoms with van der Waals surface area (Å²) < 4.78 is 6.05. The fraction of sp³-hybridized carbons (Fsp3) is 0.500. The highest BCUT2D eigenvalue weighted by Crippen LogP contribution is 2.23. The van der Waals surface area contributed by atoms with E-state index in [9.17, 15) is 0 Å². The lowest BCUT2D eigenvalue weighted by Gasteiger charge is -2.23. The molecule has 0 bridgehead atoms. The molecule has 1 heterocycles. The van der Waals surface area contributed by atoms with Crippen molar-refractivity contribution in [2.24, 2.45) is 4.99 Å². The fourth-order valence-electron chi connectivity index (χ4n) is 2.40. The maximum atomic E-state index is 6.05. The number of aromatic nitrogens is 1. The first-order valence-electron chi connectivity index (χ1n) is 9.07. The second-order valence-corrected chi connectivity index (χ2v) is 8.11. The molecule has 2 rings (SSSR count). The molecule has 0 unspecified atom stereocenters. The Kier molecular flexibility index (Phi) is 7.45. The SMILES string of the molecule is CCNC(=NCc1ccccc1OC(C)(C)C)NCCc1csc(C)n1. The zero-order valence-corrected chi connectivity index (χ0v) is 17.2. The number of ether oxygens (including phenoxy) is 1. The van der Waals surface area contributed by atoms with Crippen LogP contribution in [-0.4, -0.2) is 29.6 Å². The van der Waals surface area contributed by atoms with Crippen molar-refractivity contribution in [3.05, 3.63) is 45.9 Å². The highest BCUT2D eigenvalue weighted by atomic mass is 32.1. The minimum atomic E-state index is -0.228. The molecule has 0 saturated carbocycles. The molecule has 0 saturated heterocycles. The summed E-state index contributed by atoms with van der Waals surface area (Å²) in [5.74, 6) is 1.70. The van der Waals surface area contributed by atoms with Crippen molar-refractivity contribution in [1.82, 2.24) is 15.6 Å². The number of hydrogen-bond donors (Lipinski definition) is 2. The van der Waals surface area contributed by atoms with Gasteiger partial charge in [-0.1, -0.05) is 18.2 Å². The number of nitrogens with one attached hydrogen (secondary N) is 2. The van der Waals surface area contributed by atoms with E-state index in [0.29, 0.717) is 6.54 Å². The Morgan fingerprint density at radius 3 is 2.65 bits per heavy atom. The van der Waals surface area contributed by atoms with Gasteiger partial charge in [0.25, 0.3) is 0 Å². The van der Waals surface area contributed by atoms with Gasteiger partial charge in [-0.25, -0.2) is 9.98 Å². The van der Waals surface area contributed by atoms with E-state index in [1.165, 1.54) is 0 Å². The van der Waals surface area contributed by atoms with Gasteiger partial charge in [0.15, 0.2) is 5.96 Å². The van der Waals surface area contributed by atoms with Crippen LogP contribution in [0.15, 0.2) is 34.6 Å². The van der Waals surface area contributed by atoms with E-state index in [-0.39, 0.29) is 5.60 Å². The maximum Gasteiger partial charge on any atom is 0.191 e. The summed E-state index contributed by atoms with van der Waals surface area (Å²) in [7, 11) is 0. The number of aryl methyl sites for hydroxylation is 1. The van der Waals surface area contributed by atoms with Gasteiger partial charge in [0.1, 0.15) is 11.4 Å². The Balaban J connectivity index is 1.97. The quantitative estimate of drug-likeness (QED) is 0.569. The van der Waals surface area contributed by atoms with Crippen LogP contribution in [0, 0.1) is 6.92 Å². The third-order valence-electron chi connectivity index (χ3n) is 3.48. The van der Waals surface area contributed by atoms with Crippen molar-refractivity contribution in [3.63, 3.8) is 0 Å². The second kappa shape index (κ2) is 9.57. The summed E-state index contributed by atoms with van der Waals surface area (Å²) in [4.78, 5) is 9.20. The maximum absolute atomic E-state index is 6.05. The lowest BCUT2D eigenvalue weighted by molar-refractivity contribution is 0.129. The largest absolute Gasteiger partial charge is 0.488 e. The van der Waals surface area contributed by atoms with Gasteiger partial charge in [0.05, 0.1) is 17.2 Å². The predicted molar refractivity (Wildman–Crippen MR) is 110 cm³/mol. The molecule has 0 spiro atoms. The van der Waals surface area contributed by atoms with E-state index < -0.39 is 0 Å². The Morgan fingerprint density at radius 2 is 2.00 bits per heavy atom. The number of para-hydroxylation sites is 1. The number of aliphatic imine (C=N–C) groups is 1. The molecule has 1 aromatic carbocycles. The molecule has 0 radical (unpaired) electrons. The summed E-state index contributed by atoms with van der Waals surface area (Å²) in [5.41, 5.74) is 1.98. The topological polar surface area (TPSA) is 58.5 Å². The predicted octanol–water partition coefficient (Wildman–Crippen LogP) is 3.93. The molecular weight excluding hydrogens is 344 g/mol. The molecule has 0 amide bonds. The molecule has 2 N–H and O–H groups in total. The highest BCUT2D eigenvalue weighted by molar-refractivity contribution is 7.09. The third-order valence-corrected chi connectivity index (χ3v) is 4.30. The molecule has 26 heavy (non-hydrogen) atoms. The molecule has 5 nitrogen and oxygen atoms in total. The summed E-state index contributed by atoms with van der Waals surface area (Å²) >= 11 is 1.69. The monoisotopic (exact) mass is 374 g/mol. The molecule has 1 aromatic heterocycles. The first-order valence-corrected chi connectivity index (χ1v) is 9.95. The highest BCUT2D eigenvalue weighted by Gasteiger charge is 2.14. The van der Waals surface area contributed by atoms with Crippen molar-refractivity contribution in [3.8, 4) is 5.75 Å². The van der Waals surface area contributed by atoms with Gasteiger partial charge in [-0.05, 0) is 40.7 Å². The third kappa shape index (κ3) is 7.04. The smallest absolute Gasteiger partial charge is 0.191 e. The summed E-state index contributed by atoms with van der Waals surface area (Å²) in [6.07, 6.45) is 0.887. The van der Waals surface area contributed by atoms with Gasteiger partial charge in [-0.3, -0.25) is 0 Å². The van der Waals surface area contributed by atoms with Crippen molar-refractivity contribution in [2.75, 3.05) is 13.1 Å². The molecule has 0 atom stereocenters. The average molecular weight is 375 g/mol. The molecule has 0 aliphatic carbocycles. The van der Waals surface area contributed by atoms with Crippen LogP contribution in [0.4, 0.5) is 0 Å². The Labute approximate surface area is 160 Å². The standard InChI is InChI=1S/C20H30N4OS/c1-6-21-19(22-12-11-17-14-26-15(2)24-17)23-13-16-9-7-8-10-18(16)25-20(3,4)5/h7-10,14H,6,11-13H2,1-5H3,(H2,21,22,23). The minimum absolute atomic E-state index is 0.228. The molecule has 0 aliphatic rings. The summed E-state index contributed by atoms with van der Waals surface area (Å²) in [5, 5.41) is 9.89. The number of nitrogens with zero attached hydrogens (tertiary/aromatic N) is 2. The zero-order chi connectivity index (χ0) is 19.0. The van der Waals surface area contributed by atoms with Crippen LogP contribution >= 0.6 is 11.3 Å². The van der Waals surface area contributed by atoms with Crippen molar-refractivity contribution in [2.45, 2.75) is 53.2 Å². The number of hydrogen-bond acceptors (Lipinski definition) is 4. The van der Waals surface area contributed by atoms with Gasteiger partial charge in [0.2, 0.25) is 0 Å². The van der Waals surface area contributed by atoms with Crippen LogP contribution < -0.4 is 15.4 Å². The Bertz CT molecular complexity index is 719. The summed E-state index contributed by atoms with van der Waals surface area (Å²) in [6.45, 7) is 12.5. The van der Waals surface area contributed by atoms with Gasteiger partial charge < -0.3 is 15.4 Å². The number of benzene rings is 1. The van der Waals surface area contributed by atoms with E-state index >= 15 is 0 Å². The number of thiazole rings is 1.